The summed E-state index contributed by atoms with van der Waals surface area (Å²) in [7, 11) is 1.67. The van der Waals surface area contributed by atoms with Gasteiger partial charge in [0.05, 0.1) is 0 Å². The van der Waals surface area contributed by atoms with Gasteiger partial charge in [0.1, 0.15) is 6.04 Å². The van der Waals surface area contributed by atoms with Crippen LogP contribution in [-0.4, -0.2) is 53.7 Å². The number of primary amides is 1. The number of piperidine rings is 1. The Balaban J connectivity index is 1.92. The van der Waals surface area contributed by atoms with Gasteiger partial charge in [-0.05, 0) is 19.3 Å². The van der Waals surface area contributed by atoms with Crippen LogP contribution in [0.1, 0.15) is 25.7 Å². The van der Waals surface area contributed by atoms with E-state index in [4.69, 9.17) is 5.73 Å². The topological polar surface area (TPSA) is 83.7 Å². The van der Waals surface area contributed by atoms with Crippen molar-refractivity contribution in [2.75, 3.05) is 20.1 Å². The molecule has 2 fully saturated rings. The van der Waals surface area contributed by atoms with Gasteiger partial charge in [-0.2, -0.15) is 0 Å². The molecule has 2 heterocycles. The van der Waals surface area contributed by atoms with E-state index < -0.39 is 0 Å². The van der Waals surface area contributed by atoms with Crippen molar-refractivity contribution in [3.63, 3.8) is 0 Å². The zero-order chi connectivity index (χ0) is 13.3. The van der Waals surface area contributed by atoms with Crippen molar-refractivity contribution in [1.29, 1.82) is 0 Å². The zero-order valence-electron chi connectivity index (χ0n) is 10.6. The van der Waals surface area contributed by atoms with E-state index in [9.17, 15) is 14.4 Å². The van der Waals surface area contributed by atoms with E-state index in [-0.39, 0.29) is 29.7 Å². The van der Waals surface area contributed by atoms with Gasteiger partial charge < -0.3 is 15.5 Å². The molecular formula is C12H19N3O3. The lowest BCUT2D eigenvalue weighted by molar-refractivity contribution is -0.142. The summed E-state index contributed by atoms with van der Waals surface area (Å²) in [4.78, 5) is 38.0. The highest BCUT2D eigenvalue weighted by Gasteiger charge is 2.37. The van der Waals surface area contributed by atoms with Gasteiger partial charge in [-0.25, -0.2) is 0 Å². The van der Waals surface area contributed by atoms with Crippen molar-refractivity contribution in [3.05, 3.63) is 0 Å². The van der Waals surface area contributed by atoms with Crippen LogP contribution in [0.5, 0.6) is 0 Å². The standard InChI is InChI=1S/C12H19N3O3/c1-14-9(2-3-10(14)16)12(18)15-6-4-8(5-7-15)11(13)17/h8-9H,2-7H2,1H3,(H2,13,17). The van der Waals surface area contributed by atoms with E-state index in [1.165, 1.54) is 4.90 Å². The molecule has 0 aliphatic carbocycles. The Morgan fingerprint density at radius 3 is 2.28 bits per heavy atom. The largest absolute Gasteiger partial charge is 0.369 e. The normalized spacial score (nSPS) is 25.6. The van der Waals surface area contributed by atoms with Crippen molar-refractivity contribution >= 4 is 17.7 Å². The van der Waals surface area contributed by atoms with Gasteiger partial charge in [0.25, 0.3) is 0 Å². The number of amides is 3. The highest BCUT2D eigenvalue weighted by atomic mass is 16.2. The van der Waals surface area contributed by atoms with Crippen LogP contribution in [0.3, 0.4) is 0 Å². The van der Waals surface area contributed by atoms with Gasteiger partial charge in [0, 0.05) is 32.5 Å². The molecule has 0 saturated carbocycles. The third kappa shape index (κ3) is 2.32. The van der Waals surface area contributed by atoms with E-state index in [1.807, 2.05) is 0 Å². The van der Waals surface area contributed by atoms with E-state index in [0.717, 1.165) is 0 Å². The lowest BCUT2D eigenvalue weighted by atomic mass is 9.96. The maximum atomic E-state index is 12.2. The summed E-state index contributed by atoms with van der Waals surface area (Å²) >= 11 is 0. The van der Waals surface area contributed by atoms with Crippen molar-refractivity contribution in [2.45, 2.75) is 31.7 Å². The summed E-state index contributed by atoms with van der Waals surface area (Å²) < 4.78 is 0. The molecule has 6 nitrogen and oxygen atoms in total. The first-order chi connectivity index (χ1) is 8.50. The van der Waals surface area contributed by atoms with Gasteiger partial charge in [0.15, 0.2) is 0 Å². The third-order valence-electron chi connectivity index (χ3n) is 3.99. The van der Waals surface area contributed by atoms with Crippen LogP contribution < -0.4 is 5.73 Å². The maximum Gasteiger partial charge on any atom is 0.245 e. The molecule has 0 bridgehead atoms. The van der Waals surface area contributed by atoms with Gasteiger partial charge in [-0.3, -0.25) is 14.4 Å². The average molecular weight is 253 g/mol. The Hall–Kier alpha value is -1.59. The van der Waals surface area contributed by atoms with Gasteiger partial charge in [-0.1, -0.05) is 0 Å². The molecule has 100 valence electrons. The minimum atomic E-state index is -0.317. The van der Waals surface area contributed by atoms with E-state index in [2.05, 4.69) is 0 Å². The number of nitrogens with zero attached hydrogens (tertiary/aromatic N) is 2. The number of likely N-dealkylation sites (tertiary alicyclic amines) is 2. The molecule has 0 radical (unpaired) electrons. The number of hydrogen-bond donors (Lipinski definition) is 1. The lowest BCUT2D eigenvalue weighted by Crippen LogP contribution is -2.49. The van der Waals surface area contributed by atoms with Gasteiger partial charge >= 0.3 is 0 Å². The van der Waals surface area contributed by atoms with Crippen LogP contribution in [0, 0.1) is 5.92 Å². The molecule has 0 aromatic rings. The second-order valence-corrected chi connectivity index (χ2v) is 5.06. The van der Waals surface area contributed by atoms with Gasteiger partial charge in [0.2, 0.25) is 17.7 Å². The minimum Gasteiger partial charge on any atom is -0.369 e. The Bertz CT molecular complexity index is 375. The predicted octanol–water partition coefficient (Wildman–Crippen LogP) is -0.669. The molecule has 1 atom stereocenters. The first kappa shape index (κ1) is 12.9. The molecule has 0 aromatic heterocycles. The molecule has 18 heavy (non-hydrogen) atoms. The van der Waals surface area contributed by atoms with Crippen molar-refractivity contribution in [2.24, 2.45) is 11.7 Å². The van der Waals surface area contributed by atoms with E-state index >= 15 is 0 Å². The van der Waals surface area contributed by atoms with Crippen LogP contribution in [0.4, 0.5) is 0 Å². The second-order valence-electron chi connectivity index (χ2n) is 5.06. The molecule has 0 spiro atoms. The Morgan fingerprint density at radius 2 is 1.83 bits per heavy atom. The maximum absolute atomic E-state index is 12.2. The summed E-state index contributed by atoms with van der Waals surface area (Å²) in [5.41, 5.74) is 5.26. The smallest absolute Gasteiger partial charge is 0.245 e. The van der Waals surface area contributed by atoms with E-state index in [0.29, 0.717) is 38.8 Å². The number of hydrogen-bond acceptors (Lipinski definition) is 3. The fourth-order valence-corrected chi connectivity index (χ4v) is 2.69. The van der Waals surface area contributed by atoms with Crippen LogP contribution in [0.25, 0.3) is 0 Å². The molecule has 2 aliphatic rings. The Morgan fingerprint density at radius 1 is 1.22 bits per heavy atom. The molecular weight excluding hydrogens is 234 g/mol. The number of nitrogens with two attached hydrogens (primary N) is 1. The van der Waals surface area contributed by atoms with Crippen LogP contribution >= 0.6 is 0 Å². The first-order valence-corrected chi connectivity index (χ1v) is 6.34. The number of rotatable bonds is 2. The first-order valence-electron chi connectivity index (χ1n) is 6.34. The molecule has 0 aromatic carbocycles. The van der Waals surface area contributed by atoms with Gasteiger partial charge in [-0.15, -0.1) is 0 Å². The van der Waals surface area contributed by atoms with Crippen LogP contribution in [0.2, 0.25) is 0 Å². The molecule has 1 unspecified atom stereocenters. The lowest BCUT2D eigenvalue weighted by Gasteiger charge is -2.33. The molecule has 6 heteroatoms. The zero-order valence-corrected chi connectivity index (χ0v) is 10.6. The van der Waals surface area contributed by atoms with Crippen molar-refractivity contribution in [3.8, 4) is 0 Å². The fraction of sp³-hybridized carbons (Fsp3) is 0.750. The molecule has 2 N–H and O–H groups in total. The summed E-state index contributed by atoms with van der Waals surface area (Å²) in [6.45, 7) is 1.12. The molecule has 2 rings (SSSR count). The van der Waals surface area contributed by atoms with E-state index in [1.54, 1.807) is 11.9 Å². The number of carbonyl (C=O) groups excluding carboxylic acids is 3. The average Bonchev–Trinajstić information content (AvgIpc) is 2.69. The van der Waals surface area contributed by atoms with Crippen molar-refractivity contribution < 1.29 is 14.4 Å². The quantitative estimate of drug-likeness (QED) is 0.708. The number of carbonyl (C=O) groups is 3. The summed E-state index contributed by atoms with van der Waals surface area (Å²) in [6, 6.07) is -0.317. The van der Waals surface area contributed by atoms with Crippen LogP contribution in [0.15, 0.2) is 0 Å². The summed E-state index contributed by atoms with van der Waals surface area (Å²) in [5, 5.41) is 0. The monoisotopic (exact) mass is 253 g/mol. The SMILES string of the molecule is CN1C(=O)CCC1C(=O)N1CCC(C(N)=O)CC1. The predicted molar refractivity (Wildman–Crippen MR) is 64.3 cm³/mol. The minimum absolute atomic E-state index is 0.00581. The van der Waals surface area contributed by atoms with Crippen molar-refractivity contribution in [1.82, 2.24) is 9.80 Å². The molecule has 2 aliphatic heterocycles. The molecule has 2 saturated heterocycles. The molecule has 3 amide bonds. The third-order valence-corrected chi connectivity index (χ3v) is 3.99. The summed E-state index contributed by atoms with van der Waals surface area (Å²) in [6.07, 6.45) is 2.31. The Kier molecular flexibility index (Phi) is 3.54. The Labute approximate surface area is 106 Å². The number of likely N-dealkylation sites (N-methyl/N-ethyl adjacent to an activating group) is 1. The van der Waals surface area contributed by atoms with Crippen LogP contribution in [-0.2, 0) is 14.4 Å². The highest BCUT2D eigenvalue weighted by molar-refractivity contribution is 5.90. The highest BCUT2D eigenvalue weighted by Crippen LogP contribution is 2.22. The summed E-state index contributed by atoms with van der Waals surface area (Å²) in [5.74, 6) is -0.362. The second kappa shape index (κ2) is 4.96. The fourth-order valence-electron chi connectivity index (χ4n) is 2.69.